The summed E-state index contributed by atoms with van der Waals surface area (Å²) in [6.07, 6.45) is 3.73. The van der Waals surface area contributed by atoms with Crippen LogP contribution in [0.3, 0.4) is 0 Å². The summed E-state index contributed by atoms with van der Waals surface area (Å²) in [5.41, 5.74) is 1.38. The summed E-state index contributed by atoms with van der Waals surface area (Å²) in [4.78, 5) is 34.6. The summed E-state index contributed by atoms with van der Waals surface area (Å²) in [5, 5.41) is 1.79. The van der Waals surface area contributed by atoms with Crippen molar-refractivity contribution in [2.24, 2.45) is 0 Å². The fourth-order valence-corrected chi connectivity index (χ4v) is 2.83. The smallest absolute Gasteiger partial charge is 0.343 e. The van der Waals surface area contributed by atoms with E-state index in [0.29, 0.717) is 28.4 Å². The number of amides is 2. The van der Waals surface area contributed by atoms with Crippen molar-refractivity contribution in [3.05, 3.63) is 40.8 Å². The van der Waals surface area contributed by atoms with Crippen LogP contribution in [0.2, 0.25) is 0 Å². The number of rotatable bonds is 7. The van der Waals surface area contributed by atoms with E-state index in [2.05, 4.69) is 16.6 Å². The van der Waals surface area contributed by atoms with Crippen molar-refractivity contribution in [3.8, 4) is 11.5 Å². The zero-order valence-electron chi connectivity index (χ0n) is 13.8. The van der Waals surface area contributed by atoms with Crippen LogP contribution >= 0.6 is 11.8 Å². The summed E-state index contributed by atoms with van der Waals surface area (Å²) in [7, 11) is 2.74. The van der Waals surface area contributed by atoms with E-state index in [0.717, 1.165) is 17.3 Å². The van der Waals surface area contributed by atoms with Gasteiger partial charge in [-0.25, -0.2) is 4.79 Å². The van der Waals surface area contributed by atoms with Gasteiger partial charge in [0.1, 0.15) is 0 Å². The van der Waals surface area contributed by atoms with E-state index in [1.54, 1.807) is 24.3 Å². The molecular formula is C17H17NO6S. The number of imide groups is 1. The maximum absolute atomic E-state index is 11.7. The predicted octanol–water partition coefficient (Wildman–Crippen LogP) is 2.30. The molecule has 1 aliphatic heterocycles. The van der Waals surface area contributed by atoms with Crippen LogP contribution in [-0.4, -0.2) is 37.9 Å². The van der Waals surface area contributed by atoms with Gasteiger partial charge in [-0.15, -0.1) is 6.58 Å². The number of nitrogens with one attached hydrogen (secondary N) is 1. The number of hydrogen-bond acceptors (Lipinski definition) is 7. The molecule has 0 atom stereocenters. The van der Waals surface area contributed by atoms with E-state index in [9.17, 15) is 14.4 Å². The number of benzene rings is 1. The molecule has 7 nitrogen and oxygen atoms in total. The van der Waals surface area contributed by atoms with Gasteiger partial charge in [0.15, 0.2) is 18.1 Å². The molecule has 2 rings (SSSR count). The first-order valence-corrected chi connectivity index (χ1v) is 8.06. The van der Waals surface area contributed by atoms with Gasteiger partial charge in [0.2, 0.25) is 0 Å². The Morgan fingerprint density at radius 2 is 2.08 bits per heavy atom. The van der Waals surface area contributed by atoms with Crippen molar-refractivity contribution >= 4 is 35.0 Å². The van der Waals surface area contributed by atoms with Gasteiger partial charge in [0.25, 0.3) is 11.1 Å². The van der Waals surface area contributed by atoms with E-state index >= 15 is 0 Å². The molecule has 132 valence electrons. The Balaban J connectivity index is 2.40. The quantitative estimate of drug-likeness (QED) is 0.451. The molecule has 1 N–H and O–H groups in total. The Morgan fingerprint density at radius 1 is 1.32 bits per heavy atom. The zero-order chi connectivity index (χ0) is 18.4. The highest BCUT2D eigenvalue weighted by molar-refractivity contribution is 8.18. The molecule has 1 heterocycles. The van der Waals surface area contributed by atoms with E-state index in [4.69, 9.17) is 9.47 Å². The van der Waals surface area contributed by atoms with Crippen LogP contribution in [0, 0.1) is 0 Å². The molecule has 1 saturated heterocycles. The Labute approximate surface area is 149 Å². The molecule has 1 aromatic carbocycles. The summed E-state index contributed by atoms with van der Waals surface area (Å²) >= 11 is 0.831. The molecule has 8 heteroatoms. The zero-order valence-corrected chi connectivity index (χ0v) is 14.6. The van der Waals surface area contributed by atoms with Crippen LogP contribution < -0.4 is 14.8 Å². The number of esters is 1. The minimum Gasteiger partial charge on any atom is -0.493 e. The van der Waals surface area contributed by atoms with Gasteiger partial charge >= 0.3 is 5.97 Å². The fraction of sp³-hybridized carbons (Fsp3) is 0.235. The van der Waals surface area contributed by atoms with Gasteiger partial charge in [0.05, 0.1) is 19.1 Å². The first kappa shape index (κ1) is 18.6. The largest absolute Gasteiger partial charge is 0.493 e. The van der Waals surface area contributed by atoms with Gasteiger partial charge in [-0.3, -0.25) is 14.9 Å². The van der Waals surface area contributed by atoms with Crippen LogP contribution in [0.25, 0.3) is 6.08 Å². The Kier molecular flexibility index (Phi) is 6.24. The van der Waals surface area contributed by atoms with Crippen molar-refractivity contribution < 1.29 is 28.6 Å². The van der Waals surface area contributed by atoms with E-state index < -0.39 is 17.1 Å². The second kappa shape index (κ2) is 8.39. The number of methoxy groups -OCH3 is 2. The van der Waals surface area contributed by atoms with Crippen molar-refractivity contribution in [1.82, 2.24) is 5.32 Å². The lowest BCUT2D eigenvalue weighted by Gasteiger charge is -2.15. The third-order valence-corrected chi connectivity index (χ3v) is 4.05. The first-order chi connectivity index (χ1) is 12.0. The molecule has 1 fully saturated rings. The number of carbonyl (C=O) groups excluding carboxylic acids is 3. The minimum atomic E-state index is -0.518. The van der Waals surface area contributed by atoms with Crippen molar-refractivity contribution in [1.29, 1.82) is 0 Å². The molecule has 0 bridgehead atoms. The first-order valence-electron chi connectivity index (χ1n) is 7.24. The van der Waals surface area contributed by atoms with E-state index in [-0.39, 0.29) is 6.61 Å². The molecule has 0 radical (unpaired) electrons. The van der Waals surface area contributed by atoms with Crippen molar-refractivity contribution in [2.75, 3.05) is 20.8 Å². The second-order valence-electron chi connectivity index (χ2n) is 4.92. The number of thioether (sulfide) groups is 1. The van der Waals surface area contributed by atoms with Crippen LogP contribution in [0.5, 0.6) is 11.5 Å². The van der Waals surface area contributed by atoms with Crippen LogP contribution in [0.4, 0.5) is 4.79 Å². The van der Waals surface area contributed by atoms with Crippen molar-refractivity contribution in [2.45, 2.75) is 6.42 Å². The number of ether oxygens (including phenoxy) is 3. The Morgan fingerprint density at radius 3 is 2.64 bits per heavy atom. The van der Waals surface area contributed by atoms with Gasteiger partial charge in [-0.2, -0.15) is 0 Å². The fourth-order valence-electron chi connectivity index (χ4n) is 2.15. The monoisotopic (exact) mass is 363 g/mol. The van der Waals surface area contributed by atoms with Gasteiger partial charge < -0.3 is 14.2 Å². The summed E-state index contributed by atoms with van der Waals surface area (Å²) in [6.45, 7) is 3.44. The highest BCUT2D eigenvalue weighted by Gasteiger charge is 2.25. The van der Waals surface area contributed by atoms with Gasteiger partial charge in [0, 0.05) is 5.56 Å². The summed E-state index contributed by atoms with van der Waals surface area (Å²) in [6, 6.07) is 3.43. The molecule has 0 spiro atoms. The maximum atomic E-state index is 11.7. The summed E-state index contributed by atoms with van der Waals surface area (Å²) < 4.78 is 15.4. The summed E-state index contributed by atoms with van der Waals surface area (Å²) in [5.74, 6) is -0.167. The maximum Gasteiger partial charge on any atom is 0.343 e. The lowest BCUT2D eigenvalue weighted by atomic mass is 10.0. The average molecular weight is 363 g/mol. The van der Waals surface area contributed by atoms with Crippen molar-refractivity contribution in [3.63, 3.8) is 0 Å². The van der Waals surface area contributed by atoms with E-state index in [1.165, 1.54) is 14.2 Å². The molecule has 0 aliphatic carbocycles. The standard InChI is InChI=1S/C17H17NO6S/c1-4-5-11-6-10(8-13-16(20)18-17(21)25-13)7-12(22-2)15(11)24-9-14(19)23-3/h4,6-8H,1,5,9H2,2-3H3,(H,18,20,21)/b13-8+. The van der Waals surface area contributed by atoms with Gasteiger partial charge in [-0.05, 0) is 42.0 Å². The minimum absolute atomic E-state index is 0.260. The highest BCUT2D eigenvalue weighted by Crippen LogP contribution is 2.35. The van der Waals surface area contributed by atoms with Crippen LogP contribution in [-0.2, 0) is 20.7 Å². The molecule has 1 aromatic rings. The molecule has 0 saturated carbocycles. The molecule has 2 amide bonds. The van der Waals surface area contributed by atoms with Crippen LogP contribution in [0.1, 0.15) is 11.1 Å². The number of carbonyl (C=O) groups is 3. The molecule has 0 unspecified atom stereocenters. The number of hydrogen-bond donors (Lipinski definition) is 1. The third kappa shape index (κ3) is 4.63. The third-order valence-electron chi connectivity index (χ3n) is 3.24. The second-order valence-corrected chi connectivity index (χ2v) is 5.94. The topological polar surface area (TPSA) is 90.9 Å². The lowest BCUT2D eigenvalue weighted by molar-refractivity contribution is -0.142. The SMILES string of the molecule is C=CCc1cc(/C=C2/SC(=O)NC2=O)cc(OC)c1OCC(=O)OC. The average Bonchev–Trinajstić information content (AvgIpc) is 2.90. The Hall–Kier alpha value is -2.74. The number of allylic oxidation sites excluding steroid dienone is 1. The normalized spacial score (nSPS) is 15.0. The van der Waals surface area contributed by atoms with Gasteiger partial charge in [-0.1, -0.05) is 6.08 Å². The van der Waals surface area contributed by atoms with E-state index in [1.807, 2.05) is 0 Å². The molecule has 25 heavy (non-hydrogen) atoms. The molecule has 1 aliphatic rings. The lowest BCUT2D eigenvalue weighted by Crippen LogP contribution is -2.17. The highest BCUT2D eigenvalue weighted by atomic mass is 32.2. The Bertz CT molecular complexity index is 756. The molecular weight excluding hydrogens is 346 g/mol. The predicted molar refractivity (Wildman–Crippen MR) is 93.5 cm³/mol. The molecule has 0 aromatic heterocycles. The van der Waals surface area contributed by atoms with Crippen LogP contribution in [0.15, 0.2) is 29.7 Å².